The third-order valence-corrected chi connectivity index (χ3v) is 6.49. The number of aliphatic carboxylic acids is 1. The van der Waals surface area contributed by atoms with Gasteiger partial charge in [0.2, 0.25) is 5.91 Å². The fourth-order valence-electron chi connectivity index (χ4n) is 4.35. The Labute approximate surface area is 202 Å². The van der Waals surface area contributed by atoms with Gasteiger partial charge in [-0.25, -0.2) is 9.97 Å². The van der Waals surface area contributed by atoms with E-state index in [2.05, 4.69) is 27.0 Å². The summed E-state index contributed by atoms with van der Waals surface area (Å²) in [6.07, 6.45) is 11.5. The van der Waals surface area contributed by atoms with E-state index in [-0.39, 0.29) is 5.91 Å². The van der Waals surface area contributed by atoms with Crippen LogP contribution < -0.4 is 0 Å². The van der Waals surface area contributed by atoms with Crippen molar-refractivity contribution in [3.63, 3.8) is 0 Å². The average molecular weight is 468 g/mol. The molecule has 0 spiro atoms. The Hall–Kier alpha value is -2.87. The average Bonchev–Trinajstić information content (AvgIpc) is 2.84. The number of pyridine rings is 1. The van der Waals surface area contributed by atoms with E-state index in [9.17, 15) is 14.7 Å². The van der Waals surface area contributed by atoms with Crippen LogP contribution in [0.4, 0.5) is 0 Å². The molecule has 1 N–H and O–H groups in total. The molecule has 0 aromatic carbocycles. The van der Waals surface area contributed by atoms with E-state index >= 15 is 0 Å². The molecule has 0 aliphatic heterocycles. The minimum absolute atomic E-state index is 0.0269. The highest BCUT2D eigenvalue weighted by atomic mass is 16.4. The van der Waals surface area contributed by atoms with Crippen molar-refractivity contribution in [3.8, 4) is 0 Å². The van der Waals surface area contributed by atoms with Gasteiger partial charge in [-0.15, -0.1) is 0 Å². The number of carboxylic acid groups (broad SMARTS) is 1. The van der Waals surface area contributed by atoms with E-state index < -0.39 is 11.9 Å². The lowest BCUT2D eigenvalue weighted by Crippen LogP contribution is -2.38. The van der Waals surface area contributed by atoms with E-state index in [1.165, 1.54) is 30.4 Å². The molecular weight excluding hydrogens is 430 g/mol. The van der Waals surface area contributed by atoms with E-state index in [0.29, 0.717) is 25.9 Å². The van der Waals surface area contributed by atoms with Gasteiger partial charge in [-0.2, -0.15) is 0 Å². The van der Waals surface area contributed by atoms with Crippen LogP contribution in [0.25, 0.3) is 0 Å². The Morgan fingerprint density at radius 1 is 1.06 bits per heavy atom. The minimum Gasteiger partial charge on any atom is -0.481 e. The number of carbonyl (C=O) groups is 2. The first-order valence-corrected chi connectivity index (χ1v) is 12.3. The molecule has 1 aliphatic carbocycles. The summed E-state index contributed by atoms with van der Waals surface area (Å²) in [6, 6.07) is 6.14. The summed E-state index contributed by atoms with van der Waals surface area (Å²) < 4.78 is 0. The molecule has 2 heterocycles. The number of nitrogens with zero attached hydrogens (tertiary/aromatic N) is 5. The predicted octanol–water partition coefficient (Wildman–Crippen LogP) is 2.80. The number of aryl methyl sites for hydroxylation is 3. The largest absolute Gasteiger partial charge is 0.481 e. The zero-order valence-electron chi connectivity index (χ0n) is 20.4. The predicted molar refractivity (Wildman–Crippen MR) is 130 cm³/mol. The number of fused-ring (bicyclic) bond motifs is 1. The Morgan fingerprint density at radius 2 is 1.88 bits per heavy atom. The highest BCUT2D eigenvalue weighted by Crippen LogP contribution is 2.20. The third kappa shape index (κ3) is 8.17. The van der Waals surface area contributed by atoms with E-state index in [1.54, 1.807) is 31.3 Å². The van der Waals surface area contributed by atoms with Crippen LogP contribution in [-0.2, 0) is 35.3 Å². The lowest BCUT2D eigenvalue weighted by molar-refractivity contribution is -0.142. The van der Waals surface area contributed by atoms with Crippen LogP contribution in [-0.4, -0.2) is 75.5 Å². The third-order valence-electron chi connectivity index (χ3n) is 6.49. The summed E-state index contributed by atoms with van der Waals surface area (Å²) in [4.78, 5) is 40.8. The summed E-state index contributed by atoms with van der Waals surface area (Å²) in [7, 11) is 3.49. The van der Waals surface area contributed by atoms with Crippen molar-refractivity contribution in [2.75, 3.05) is 33.7 Å². The Morgan fingerprint density at radius 3 is 2.62 bits per heavy atom. The van der Waals surface area contributed by atoms with Crippen LogP contribution in [0.1, 0.15) is 54.7 Å². The summed E-state index contributed by atoms with van der Waals surface area (Å²) in [6.45, 7) is 1.60. The topological polar surface area (TPSA) is 99.5 Å². The maximum absolute atomic E-state index is 12.4. The van der Waals surface area contributed by atoms with Crippen LogP contribution >= 0.6 is 0 Å². The van der Waals surface area contributed by atoms with E-state index in [4.69, 9.17) is 4.98 Å². The number of amides is 1. The second kappa shape index (κ2) is 13.1. The van der Waals surface area contributed by atoms with Crippen LogP contribution in [0, 0.1) is 5.92 Å². The number of carboxylic acids is 1. The van der Waals surface area contributed by atoms with Gasteiger partial charge in [-0.05, 0) is 82.2 Å². The molecule has 8 nitrogen and oxygen atoms in total. The van der Waals surface area contributed by atoms with Crippen molar-refractivity contribution in [1.82, 2.24) is 24.8 Å². The van der Waals surface area contributed by atoms with Crippen LogP contribution in [0.3, 0.4) is 0 Å². The molecule has 0 fully saturated rings. The first-order chi connectivity index (χ1) is 16.4. The molecule has 0 saturated carbocycles. The highest BCUT2D eigenvalue weighted by Gasteiger charge is 2.21. The monoisotopic (exact) mass is 467 g/mol. The lowest BCUT2D eigenvalue weighted by atomic mass is 9.95. The molecule has 1 amide bonds. The van der Waals surface area contributed by atoms with E-state index in [0.717, 1.165) is 50.0 Å². The minimum atomic E-state index is -0.837. The molecule has 3 rings (SSSR count). The molecule has 0 saturated heterocycles. The number of carbonyl (C=O) groups excluding carboxylic acids is 1. The maximum Gasteiger partial charge on any atom is 0.306 e. The normalized spacial score (nSPS) is 14.0. The number of unbranched alkanes of at least 4 members (excludes halogenated alkanes) is 1. The van der Waals surface area contributed by atoms with Gasteiger partial charge in [0.25, 0.3) is 0 Å². The number of likely N-dealkylation sites (N-methyl/N-ethyl adjacent to an activating group) is 1. The SMILES string of the molecule is CN(C)C(=O)CN(CCCCc1ccc2c(n1)CCCC2)CC[C@H](Cc1ccncn1)C(=O)O. The summed E-state index contributed by atoms with van der Waals surface area (Å²) in [5.74, 6) is -1.36. The molecule has 34 heavy (non-hydrogen) atoms. The van der Waals surface area contributed by atoms with Crippen molar-refractivity contribution in [2.45, 2.75) is 57.8 Å². The van der Waals surface area contributed by atoms with Crippen molar-refractivity contribution in [2.24, 2.45) is 5.92 Å². The summed E-state index contributed by atoms with van der Waals surface area (Å²) in [5, 5.41) is 9.70. The molecule has 2 aromatic rings. The van der Waals surface area contributed by atoms with Crippen LogP contribution in [0.2, 0.25) is 0 Å². The molecule has 184 valence electrons. The molecule has 1 aliphatic rings. The van der Waals surface area contributed by atoms with Gasteiger partial charge in [-0.3, -0.25) is 19.5 Å². The Balaban J connectivity index is 1.51. The van der Waals surface area contributed by atoms with Crippen molar-refractivity contribution in [1.29, 1.82) is 0 Å². The number of rotatable bonds is 13. The zero-order chi connectivity index (χ0) is 24.3. The fraction of sp³-hybridized carbons (Fsp3) is 0.577. The first-order valence-electron chi connectivity index (χ1n) is 12.3. The first kappa shape index (κ1) is 25.7. The highest BCUT2D eigenvalue weighted by molar-refractivity contribution is 5.77. The number of hydrogen-bond donors (Lipinski definition) is 1. The van der Waals surface area contributed by atoms with Gasteiger partial charge in [-0.1, -0.05) is 6.07 Å². The van der Waals surface area contributed by atoms with Gasteiger partial charge < -0.3 is 10.0 Å². The smallest absolute Gasteiger partial charge is 0.306 e. The molecular formula is C26H37N5O3. The van der Waals surface area contributed by atoms with Gasteiger partial charge >= 0.3 is 5.97 Å². The fourth-order valence-corrected chi connectivity index (χ4v) is 4.35. The second-order valence-electron chi connectivity index (χ2n) is 9.37. The van der Waals surface area contributed by atoms with Crippen molar-refractivity contribution < 1.29 is 14.7 Å². The van der Waals surface area contributed by atoms with Gasteiger partial charge in [0, 0.05) is 43.8 Å². The second-order valence-corrected chi connectivity index (χ2v) is 9.37. The molecule has 1 atom stereocenters. The zero-order valence-corrected chi connectivity index (χ0v) is 20.4. The Kier molecular flexibility index (Phi) is 9.94. The number of aromatic nitrogens is 3. The van der Waals surface area contributed by atoms with Gasteiger partial charge in [0.15, 0.2) is 0 Å². The van der Waals surface area contributed by atoms with Crippen LogP contribution in [0.15, 0.2) is 30.7 Å². The lowest BCUT2D eigenvalue weighted by Gasteiger charge is -2.25. The molecule has 0 unspecified atom stereocenters. The van der Waals surface area contributed by atoms with E-state index in [1.807, 2.05) is 0 Å². The molecule has 2 aromatic heterocycles. The molecule has 0 radical (unpaired) electrons. The molecule has 8 heteroatoms. The standard InChI is InChI=1S/C26H37N5O3/c1-30(2)25(32)18-31(16-13-21(26(33)34)17-23-12-14-27-19-28-23)15-6-5-8-22-11-10-20-7-3-4-9-24(20)29-22/h10-12,14,19,21H,3-9,13,15-18H2,1-2H3,(H,33,34)/t21-/m1/s1. The summed E-state index contributed by atoms with van der Waals surface area (Å²) >= 11 is 0. The number of hydrogen-bond acceptors (Lipinski definition) is 6. The molecule has 0 bridgehead atoms. The summed E-state index contributed by atoms with van der Waals surface area (Å²) in [5.41, 5.74) is 4.53. The van der Waals surface area contributed by atoms with Crippen molar-refractivity contribution in [3.05, 3.63) is 53.4 Å². The quantitative estimate of drug-likeness (QED) is 0.452. The maximum atomic E-state index is 12.4. The van der Waals surface area contributed by atoms with Gasteiger partial charge in [0.1, 0.15) is 6.33 Å². The van der Waals surface area contributed by atoms with Crippen LogP contribution in [0.5, 0.6) is 0 Å². The Bertz CT molecular complexity index is 935. The van der Waals surface area contributed by atoms with Crippen molar-refractivity contribution >= 4 is 11.9 Å². The van der Waals surface area contributed by atoms with Gasteiger partial charge in [0.05, 0.1) is 12.5 Å².